The van der Waals surface area contributed by atoms with Crippen molar-refractivity contribution in [2.75, 3.05) is 0 Å². The number of hydrogen-bond donors (Lipinski definition) is 0. The Morgan fingerprint density at radius 2 is 2.40 bits per heavy atom. The zero-order valence-electron chi connectivity index (χ0n) is 5.72. The highest BCUT2D eigenvalue weighted by Gasteiger charge is 2.04. The third kappa shape index (κ3) is 0.637. The smallest absolute Gasteiger partial charge is 0.0982 e. The maximum absolute atomic E-state index is 5.01. The van der Waals surface area contributed by atoms with Crippen molar-refractivity contribution in [3.8, 4) is 11.1 Å². The molecule has 0 saturated carbocycles. The lowest BCUT2D eigenvalue weighted by Gasteiger charge is -1.95. The number of hydrogen-bond acceptors (Lipinski definition) is 1. The largest absolute Gasteiger partial charge is 0.472 e. The van der Waals surface area contributed by atoms with E-state index in [0.29, 0.717) is 0 Å². The fourth-order valence-electron chi connectivity index (χ4n) is 1.06. The van der Waals surface area contributed by atoms with Crippen LogP contribution in [0.15, 0.2) is 29.1 Å². The van der Waals surface area contributed by atoms with Gasteiger partial charge in [-0.05, 0) is 30.2 Å². The molecule has 0 fully saturated rings. The third-order valence-corrected chi connectivity index (χ3v) is 1.66. The van der Waals surface area contributed by atoms with Crippen LogP contribution in [0.4, 0.5) is 0 Å². The summed E-state index contributed by atoms with van der Waals surface area (Å²) in [5, 5.41) is 0. The Bertz CT molecular complexity index is 309. The highest BCUT2D eigenvalue weighted by atomic mass is 16.3. The Morgan fingerprint density at radius 1 is 1.50 bits per heavy atom. The van der Waals surface area contributed by atoms with Crippen molar-refractivity contribution in [2.24, 2.45) is 0 Å². The van der Waals surface area contributed by atoms with Gasteiger partial charge in [0, 0.05) is 5.56 Å². The quantitative estimate of drug-likeness (QED) is 0.535. The van der Waals surface area contributed by atoms with Gasteiger partial charge in [-0.3, -0.25) is 0 Å². The standard InChI is InChI=1S/C9H7O/c1-7-2-3-8-4-5-10-6-9(7)8/h2,4-6H,1H3. The minimum absolute atomic E-state index is 1.13. The first-order chi connectivity index (χ1) is 4.88. The van der Waals surface area contributed by atoms with Crippen molar-refractivity contribution in [1.29, 1.82) is 0 Å². The molecule has 0 aromatic rings. The van der Waals surface area contributed by atoms with Crippen LogP contribution < -0.4 is 0 Å². The van der Waals surface area contributed by atoms with Crippen molar-refractivity contribution < 1.29 is 4.42 Å². The first kappa shape index (κ1) is 5.54. The predicted molar refractivity (Wildman–Crippen MR) is 38.9 cm³/mol. The molecule has 0 atom stereocenters. The summed E-state index contributed by atoms with van der Waals surface area (Å²) in [7, 11) is 0. The first-order valence-corrected chi connectivity index (χ1v) is 3.21. The molecule has 0 N–H and O–H groups in total. The molecular formula is C9H7O. The minimum Gasteiger partial charge on any atom is -0.472 e. The van der Waals surface area contributed by atoms with E-state index in [0.717, 1.165) is 11.1 Å². The highest BCUT2D eigenvalue weighted by Crippen LogP contribution is 2.25. The molecule has 0 aromatic carbocycles. The van der Waals surface area contributed by atoms with Crippen molar-refractivity contribution in [3.05, 3.63) is 36.3 Å². The van der Waals surface area contributed by atoms with Crippen molar-refractivity contribution >= 4 is 0 Å². The molecule has 0 bridgehead atoms. The molecule has 1 radical (unpaired) electrons. The number of rotatable bonds is 0. The molecule has 0 amide bonds. The van der Waals surface area contributed by atoms with Gasteiger partial charge in [-0.2, -0.15) is 0 Å². The Morgan fingerprint density at radius 3 is 3.20 bits per heavy atom. The summed E-state index contributed by atoms with van der Waals surface area (Å²) in [6, 6.07) is 7.02. The van der Waals surface area contributed by atoms with E-state index in [1.165, 1.54) is 5.56 Å². The van der Waals surface area contributed by atoms with Crippen LogP contribution in [0.3, 0.4) is 0 Å². The number of fused-ring (bicyclic) bond motifs is 1. The van der Waals surface area contributed by atoms with Gasteiger partial charge in [0.2, 0.25) is 0 Å². The molecule has 1 aliphatic heterocycles. The van der Waals surface area contributed by atoms with Crippen LogP contribution in [0, 0.1) is 13.0 Å². The molecule has 2 aliphatic rings. The molecular weight excluding hydrogens is 124 g/mol. The summed E-state index contributed by atoms with van der Waals surface area (Å²) in [5.74, 6) is 0. The molecule has 0 unspecified atom stereocenters. The lowest BCUT2D eigenvalue weighted by atomic mass is 10.1. The van der Waals surface area contributed by atoms with Gasteiger partial charge in [0.25, 0.3) is 0 Å². The van der Waals surface area contributed by atoms with Gasteiger partial charge >= 0.3 is 0 Å². The van der Waals surface area contributed by atoms with Gasteiger partial charge in [0.05, 0.1) is 12.5 Å². The van der Waals surface area contributed by atoms with Crippen molar-refractivity contribution in [3.63, 3.8) is 0 Å². The van der Waals surface area contributed by atoms with Gasteiger partial charge in [-0.15, -0.1) is 0 Å². The van der Waals surface area contributed by atoms with Crippen molar-refractivity contribution in [2.45, 2.75) is 6.92 Å². The molecule has 1 nitrogen and oxygen atoms in total. The Kier molecular flexibility index (Phi) is 1.04. The summed E-state index contributed by atoms with van der Waals surface area (Å²) in [4.78, 5) is 0. The predicted octanol–water partition coefficient (Wildman–Crippen LogP) is 2.49. The summed E-state index contributed by atoms with van der Waals surface area (Å²) in [6.07, 6.45) is 3.42. The van der Waals surface area contributed by atoms with Crippen LogP contribution in [0.1, 0.15) is 5.56 Å². The maximum atomic E-state index is 5.01. The lowest BCUT2D eigenvalue weighted by Crippen LogP contribution is -1.72. The monoisotopic (exact) mass is 131 g/mol. The van der Waals surface area contributed by atoms with Gasteiger partial charge in [-0.25, -0.2) is 0 Å². The summed E-state index contributed by atoms with van der Waals surface area (Å²) in [6.45, 7) is 2.05. The third-order valence-electron chi connectivity index (χ3n) is 1.66. The Hall–Kier alpha value is -1.24. The van der Waals surface area contributed by atoms with E-state index in [2.05, 4.69) is 6.07 Å². The minimum atomic E-state index is 1.13. The van der Waals surface area contributed by atoms with Gasteiger partial charge in [0.1, 0.15) is 0 Å². The van der Waals surface area contributed by atoms with Crippen LogP contribution >= 0.6 is 0 Å². The second-order valence-corrected chi connectivity index (χ2v) is 2.36. The van der Waals surface area contributed by atoms with Gasteiger partial charge in [-0.1, -0.05) is 6.07 Å². The van der Waals surface area contributed by atoms with E-state index < -0.39 is 0 Å². The van der Waals surface area contributed by atoms with Crippen LogP contribution in [0.5, 0.6) is 0 Å². The molecule has 1 heterocycles. The molecule has 0 spiro atoms. The van der Waals surface area contributed by atoms with E-state index in [4.69, 9.17) is 4.42 Å². The van der Waals surface area contributed by atoms with Gasteiger partial charge < -0.3 is 4.42 Å². The molecule has 49 valence electrons. The van der Waals surface area contributed by atoms with Crippen molar-refractivity contribution in [1.82, 2.24) is 0 Å². The molecule has 0 aromatic heterocycles. The average Bonchev–Trinajstić information content (AvgIpc) is 2.34. The SMILES string of the molecule is Cc1c[c]c2ccocc1-2. The second kappa shape index (κ2) is 1.87. The topological polar surface area (TPSA) is 13.1 Å². The van der Waals surface area contributed by atoms with Gasteiger partial charge in [0.15, 0.2) is 0 Å². The maximum Gasteiger partial charge on any atom is 0.0982 e. The van der Waals surface area contributed by atoms with E-state index in [1.807, 2.05) is 19.1 Å². The van der Waals surface area contributed by atoms with Crippen LogP contribution in [0.25, 0.3) is 11.1 Å². The molecule has 10 heavy (non-hydrogen) atoms. The average molecular weight is 131 g/mol. The molecule has 1 aliphatic carbocycles. The Labute approximate surface area is 59.6 Å². The van der Waals surface area contributed by atoms with E-state index in [9.17, 15) is 0 Å². The van der Waals surface area contributed by atoms with E-state index in [-0.39, 0.29) is 0 Å². The first-order valence-electron chi connectivity index (χ1n) is 3.21. The molecule has 2 rings (SSSR count). The summed E-state index contributed by atoms with van der Waals surface area (Å²) < 4.78 is 5.01. The summed E-state index contributed by atoms with van der Waals surface area (Å²) in [5.41, 5.74) is 3.51. The molecule has 1 heteroatoms. The highest BCUT2D eigenvalue weighted by molar-refractivity contribution is 5.67. The zero-order valence-corrected chi connectivity index (χ0v) is 5.72. The lowest BCUT2D eigenvalue weighted by molar-refractivity contribution is 0.552. The van der Waals surface area contributed by atoms with Crippen LogP contribution in [-0.4, -0.2) is 0 Å². The fraction of sp³-hybridized carbons (Fsp3) is 0.111. The van der Waals surface area contributed by atoms with Crippen LogP contribution in [-0.2, 0) is 0 Å². The zero-order chi connectivity index (χ0) is 6.97. The number of aryl methyl sites for hydroxylation is 1. The second-order valence-electron chi connectivity index (χ2n) is 2.36. The Balaban J connectivity index is 2.78. The van der Waals surface area contributed by atoms with Crippen LogP contribution in [0.2, 0.25) is 0 Å². The fourth-order valence-corrected chi connectivity index (χ4v) is 1.06. The molecule has 0 saturated heterocycles. The summed E-state index contributed by atoms with van der Waals surface area (Å²) >= 11 is 0. The normalized spacial score (nSPS) is 10.5. The van der Waals surface area contributed by atoms with E-state index >= 15 is 0 Å². The van der Waals surface area contributed by atoms with E-state index in [1.54, 1.807) is 12.5 Å².